The summed E-state index contributed by atoms with van der Waals surface area (Å²) in [5.74, 6) is -0.0320. The quantitative estimate of drug-likeness (QED) is 0.349. The highest BCUT2D eigenvalue weighted by atomic mass is 16.2. The van der Waals surface area contributed by atoms with Crippen molar-refractivity contribution in [3.05, 3.63) is 108 Å². The van der Waals surface area contributed by atoms with E-state index in [-0.39, 0.29) is 17.7 Å². The van der Waals surface area contributed by atoms with Crippen LogP contribution in [0.5, 0.6) is 0 Å². The molecule has 0 spiro atoms. The van der Waals surface area contributed by atoms with Crippen LogP contribution in [0.25, 0.3) is 10.9 Å². The van der Waals surface area contributed by atoms with Crippen LogP contribution in [-0.2, 0) is 11.3 Å². The summed E-state index contributed by atoms with van der Waals surface area (Å²) in [7, 11) is 0. The number of anilines is 1. The van der Waals surface area contributed by atoms with Crippen molar-refractivity contribution in [1.82, 2.24) is 10.3 Å². The van der Waals surface area contributed by atoms with E-state index in [1.165, 1.54) is 12.8 Å². The van der Waals surface area contributed by atoms with Crippen LogP contribution in [0.15, 0.2) is 91.0 Å². The van der Waals surface area contributed by atoms with Crippen LogP contribution < -0.4 is 10.6 Å². The summed E-state index contributed by atoms with van der Waals surface area (Å²) in [6.45, 7) is 0.524. The number of nitrogens with one attached hydrogen (secondary N) is 2. The highest BCUT2D eigenvalue weighted by molar-refractivity contribution is 6.04. The molecule has 1 unspecified atom stereocenters. The Bertz CT molecular complexity index is 1310. The van der Waals surface area contributed by atoms with Crippen LogP contribution >= 0.6 is 0 Å². The van der Waals surface area contributed by atoms with Crippen molar-refractivity contribution in [2.45, 2.75) is 38.1 Å². The van der Waals surface area contributed by atoms with Crippen LogP contribution in [0, 0.1) is 5.92 Å². The molecule has 1 fully saturated rings. The van der Waals surface area contributed by atoms with Gasteiger partial charge in [-0.05, 0) is 54.2 Å². The Balaban J connectivity index is 1.29. The molecule has 35 heavy (non-hydrogen) atoms. The van der Waals surface area contributed by atoms with E-state index in [1.807, 2.05) is 84.9 Å². The monoisotopic (exact) mass is 463 g/mol. The molecule has 1 aliphatic rings. The molecule has 1 aliphatic carbocycles. The number of fused-ring (bicyclic) bond motifs is 1. The summed E-state index contributed by atoms with van der Waals surface area (Å²) in [6, 6.07) is 29.0. The van der Waals surface area contributed by atoms with Gasteiger partial charge in [0.15, 0.2) is 0 Å². The van der Waals surface area contributed by atoms with Gasteiger partial charge in [0.05, 0.1) is 11.4 Å². The lowest BCUT2D eigenvalue weighted by molar-refractivity contribution is -0.123. The zero-order valence-corrected chi connectivity index (χ0v) is 19.6. The van der Waals surface area contributed by atoms with Crippen molar-refractivity contribution in [3.63, 3.8) is 0 Å². The van der Waals surface area contributed by atoms with Gasteiger partial charge in [-0.25, -0.2) is 4.98 Å². The van der Waals surface area contributed by atoms with Gasteiger partial charge in [-0.2, -0.15) is 0 Å². The second kappa shape index (κ2) is 10.5. The minimum absolute atomic E-state index is 0.0675. The van der Waals surface area contributed by atoms with Crippen molar-refractivity contribution in [1.29, 1.82) is 0 Å². The van der Waals surface area contributed by atoms with Gasteiger partial charge in [0.25, 0.3) is 5.91 Å². The Kier molecular flexibility index (Phi) is 6.85. The van der Waals surface area contributed by atoms with Gasteiger partial charge in [0.1, 0.15) is 5.69 Å². The first-order valence-corrected chi connectivity index (χ1v) is 12.3. The Morgan fingerprint density at radius 1 is 0.829 bits per heavy atom. The van der Waals surface area contributed by atoms with Crippen molar-refractivity contribution in [2.24, 2.45) is 5.92 Å². The lowest BCUT2D eigenvalue weighted by Crippen LogP contribution is -2.32. The number of carbonyl (C=O) groups is 2. The first-order valence-electron chi connectivity index (χ1n) is 12.3. The molecule has 5 nitrogen and oxygen atoms in total. The minimum atomic E-state index is -0.253. The first-order chi connectivity index (χ1) is 17.2. The largest absolute Gasteiger partial charge is 0.351 e. The third-order valence-corrected chi connectivity index (χ3v) is 6.82. The van der Waals surface area contributed by atoms with E-state index < -0.39 is 0 Å². The predicted octanol–water partition coefficient (Wildman–Crippen LogP) is 6.08. The molecule has 1 atom stereocenters. The number of para-hydroxylation sites is 1. The zero-order valence-electron chi connectivity index (χ0n) is 19.6. The van der Waals surface area contributed by atoms with E-state index in [0.29, 0.717) is 23.8 Å². The van der Waals surface area contributed by atoms with E-state index in [0.717, 1.165) is 34.9 Å². The van der Waals surface area contributed by atoms with E-state index in [1.54, 1.807) is 6.07 Å². The smallest absolute Gasteiger partial charge is 0.274 e. The van der Waals surface area contributed by atoms with Gasteiger partial charge in [0, 0.05) is 17.6 Å². The average molecular weight is 464 g/mol. The number of aromatic nitrogens is 1. The third kappa shape index (κ3) is 5.40. The van der Waals surface area contributed by atoms with E-state index in [4.69, 9.17) is 0 Å². The minimum Gasteiger partial charge on any atom is -0.351 e. The lowest BCUT2D eigenvalue weighted by Gasteiger charge is -2.23. The van der Waals surface area contributed by atoms with Gasteiger partial charge in [-0.15, -0.1) is 0 Å². The molecule has 2 amide bonds. The predicted molar refractivity (Wildman–Crippen MR) is 139 cm³/mol. The van der Waals surface area contributed by atoms with Crippen LogP contribution in [0.4, 0.5) is 5.69 Å². The molecule has 5 rings (SSSR count). The maximum atomic E-state index is 13.3. The van der Waals surface area contributed by atoms with Gasteiger partial charge < -0.3 is 10.6 Å². The molecule has 5 heteroatoms. The number of carbonyl (C=O) groups excluding carboxylic acids is 2. The summed E-state index contributed by atoms with van der Waals surface area (Å²) in [5.41, 5.74) is 3.92. The second-order valence-electron chi connectivity index (χ2n) is 9.19. The molecule has 0 aliphatic heterocycles. The van der Waals surface area contributed by atoms with Crippen molar-refractivity contribution >= 4 is 28.4 Å². The maximum Gasteiger partial charge on any atom is 0.274 e. The van der Waals surface area contributed by atoms with Crippen molar-refractivity contribution < 1.29 is 9.59 Å². The lowest BCUT2D eigenvalue weighted by atomic mass is 9.84. The molecule has 0 radical (unpaired) electrons. The van der Waals surface area contributed by atoms with Gasteiger partial charge in [-0.1, -0.05) is 79.6 Å². The molecule has 176 valence electrons. The zero-order chi connectivity index (χ0) is 24.0. The summed E-state index contributed by atoms with van der Waals surface area (Å²) in [4.78, 5) is 30.5. The number of hydrogen-bond donors (Lipinski definition) is 2. The highest BCUT2D eigenvalue weighted by Crippen LogP contribution is 2.38. The number of hydrogen-bond acceptors (Lipinski definition) is 3. The number of pyridine rings is 1. The first kappa shape index (κ1) is 22.8. The SMILES string of the molecule is O=C(Nc1ccc(C(C(=O)NCc2ccccc2)C2CCCC2)cc1)c1ccc2ccccc2n1. The molecular weight excluding hydrogens is 434 g/mol. The average Bonchev–Trinajstić information content (AvgIpc) is 3.43. The fraction of sp³-hybridized carbons (Fsp3) is 0.233. The number of amides is 2. The van der Waals surface area contributed by atoms with Gasteiger partial charge in [-0.3, -0.25) is 9.59 Å². The van der Waals surface area contributed by atoms with Crippen molar-refractivity contribution in [2.75, 3.05) is 5.32 Å². The van der Waals surface area contributed by atoms with Crippen LogP contribution in [0.3, 0.4) is 0 Å². The molecule has 2 N–H and O–H groups in total. The molecule has 3 aromatic carbocycles. The fourth-order valence-corrected chi connectivity index (χ4v) is 4.98. The molecule has 1 heterocycles. The van der Waals surface area contributed by atoms with E-state index in [2.05, 4.69) is 15.6 Å². The van der Waals surface area contributed by atoms with Gasteiger partial charge in [0.2, 0.25) is 5.91 Å². The Labute approximate surface area is 205 Å². The molecule has 0 saturated heterocycles. The molecule has 1 saturated carbocycles. The molecule has 0 bridgehead atoms. The summed E-state index contributed by atoms with van der Waals surface area (Å²) >= 11 is 0. The van der Waals surface area contributed by atoms with Crippen LogP contribution in [0.1, 0.15) is 53.2 Å². The maximum absolute atomic E-state index is 13.3. The highest BCUT2D eigenvalue weighted by Gasteiger charge is 2.31. The number of benzene rings is 3. The standard InChI is InChI=1S/C30H29N3O2/c34-29(27-19-16-22-10-6-7-13-26(22)33-27)32-25-17-14-24(15-18-25)28(23-11-4-5-12-23)30(35)31-20-21-8-2-1-3-9-21/h1-3,6-10,13-19,23,28H,4-5,11-12,20H2,(H,31,35)(H,32,34). The van der Waals surface area contributed by atoms with E-state index in [9.17, 15) is 9.59 Å². The third-order valence-electron chi connectivity index (χ3n) is 6.82. The van der Waals surface area contributed by atoms with Crippen molar-refractivity contribution in [3.8, 4) is 0 Å². The summed E-state index contributed by atoms with van der Waals surface area (Å²) in [6.07, 6.45) is 4.46. The normalized spacial score (nSPS) is 14.5. The topological polar surface area (TPSA) is 71.1 Å². The second-order valence-corrected chi connectivity index (χ2v) is 9.19. The van der Waals surface area contributed by atoms with Crippen LogP contribution in [0.2, 0.25) is 0 Å². The molecule has 1 aromatic heterocycles. The molecular formula is C30H29N3O2. The fourth-order valence-electron chi connectivity index (χ4n) is 4.98. The number of rotatable bonds is 7. The summed E-state index contributed by atoms with van der Waals surface area (Å²) < 4.78 is 0. The Morgan fingerprint density at radius 2 is 1.54 bits per heavy atom. The van der Waals surface area contributed by atoms with Crippen LogP contribution in [-0.4, -0.2) is 16.8 Å². The molecule has 4 aromatic rings. The van der Waals surface area contributed by atoms with Gasteiger partial charge >= 0.3 is 0 Å². The Hall–Kier alpha value is -3.99. The Morgan fingerprint density at radius 3 is 2.31 bits per heavy atom. The number of nitrogens with zero attached hydrogens (tertiary/aromatic N) is 1. The van der Waals surface area contributed by atoms with E-state index >= 15 is 0 Å². The summed E-state index contributed by atoms with van der Waals surface area (Å²) in [5, 5.41) is 7.07.